The predicted molar refractivity (Wildman–Crippen MR) is 113 cm³/mol. The lowest BCUT2D eigenvalue weighted by atomic mass is 10.1. The van der Waals surface area contributed by atoms with Crippen LogP contribution in [-0.4, -0.2) is 17.1 Å². The molecule has 0 aliphatic rings. The van der Waals surface area contributed by atoms with E-state index in [0.717, 1.165) is 15.6 Å². The molecule has 0 bridgehead atoms. The minimum Gasteiger partial charge on any atom is -0.493 e. The number of nitrogens with one attached hydrogen (secondary N) is 1. The maximum atomic E-state index is 12.3. The van der Waals surface area contributed by atoms with Gasteiger partial charge in [0.15, 0.2) is 11.5 Å². The Morgan fingerprint density at radius 3 is 2.68 bits per heavy atom. The lowest BCUT2D eigenvalue weighted by molar-refractivity contribution is 0.284. The highest BCUT2D eigenvalue weighted by molar-refractivity contribution is 9.10. The minimum absolute atomic E-state index is 0.172. The maximum Gasteiger partial charge on any atom is 0.259 e. The van der Waals surface area contributed by atoms with Crippen molar-refractivity contribution in [2.75, 3.05) is 7.11 Å². The number of H-pyrrole nitrogens is 1. The number of nitrogens with zero attached hydrogens (tertiary/aromatic N) is 1. The second-order valence-electron chi connectivity index (χ2n) is 6.22. The van der Waals surface area contributed by atoms with E-state index in [1.54, 1.807) is 13.2 Å². The van der Waals surface area contributed by atoms with Gasteiger partial charge in [0.2, 0.25) is 0 Å². The number of hydrogen-bond donors (Lipinski definition) is 1. The third kappa shape index (κ3) is 3.77. The summed E-state index contributed by atoms with van der Waals surface area (Å²) in [6, 6.07) is 20.7. The fourth-order valence-corrected chi connectivity index (χ4v) is 3.39. The molecule has 0 amide bonds. The number of benzene rings is 3. The number of methoxy groups -OCH3 is 1. The Balaban J connectivity index is 1.64. The Morgan fingerprint density at radius 2 is 1.86 bits per heavy atom. The van der Waals surface area contributed by atoms with Gasteiger partial charge in [0.05, 0.1) is 18.0 Å². The van der Waals surface area contributed by atoms with Crippen LogP contribution in [0.4, 0.5) is 0 Å². The summed E-state index contributed by atoms with van der Waals surface area (Å²) < 4.78 is 12.4. The van der Waals surface area contributed by atoms with E-state index in [4.69, 9.17) is 9.47 Å². The summed E-state index contributed by atoms with van der Waals surface area (Å²) >= 11 is 3.46. The van der Waals surface area contributed by atoms with Gasteiger partial charge in [-0.1, -0.05) is 40.2 Å². The van der Waals surface area contributed by atoms with Crippen molar-refractivity contribution < 1.29 is 9.47 Å². The monoisotopic (exact) mass is 436 g/mol. The first-order valence-corrected chi connectivity index (χ1v) is 9.48. The molecule has 4 aromatic rings. The van der Waals surface area contributed by atoms with Crippen molar-refractivity contribution in [2.45, 2.75) is 6.61 Å². The normalized spacial score (nSPS) is 10.8. The van der Waals surface area contributed by atoms with Crippen LogP contribution in [0.25, 0.3) is 22.3 Å². The summed E-state index contributed by atoms with van der Waals surface area (Å²) in [6.45, 7) is 0.417. The van der Waals surface area contributed by atoms with Gasteiger partial charge < -0.3 is 14.5 Å². The van der Waals surface area contributed by atoms with Crippen LogP contribution < -0.4 is 15.0 Å². The van der Waals surface area contributed by atoms with Crippen molar-refractivity contribution in [1.82, 2.24) is 9.97 Å². The number of rotatable bonds is 5. The lowest BCUT2D eigenvalue weighted by Gasteiger charge is -2.12. The maximum absolute atomic E-state index is 12.3. The molecule has 140 valence electrons. The fourth-order valence-electron chi connectivity index (χ4n) is 2.95. The molecule has 28 heavy (non-hydrogen) atoms. The third-order valence-corrected chi connectivity index (χ3v) is 4.83. The van der Waals surface area contributed by atoms with Crippen molar-refractivity contribution in [3.05, 3.63) is 87.1 Å². The number of ether oxygens (including phenoxy) is 2. The number of aromatic amines is 1. The first kappa shape index (κ1) is 18.3. The molecule has 5 nitrogen and oxygen atoms in total. The topological polar surface area (TPSA) is 64.2 Å². The molecule has 0 atom stereocenters. The number of aromatic nitrogens is 2. The van der Waals surface area contributed by atoms with Gasteiger partial charge in [0, 0.05) is 10.0 Å². The van der Waals surface area contributed by atoms with Crippen LogP contribution in [0.2, 0.25) is 0 Å². The summed E-state index contributed by atoms with van der Waals surface area (Å²) in [5.41, 5.74) is 2.26. The molecule has 0 saturated carbocycles. The zero-order chi connectivity index (χ0) is 19.5. The van der Waals surface area contributed by atoms with Gasteiger partial charge in [-0.25, -0.2) is 4.98 Å². The van der Waals surface area contributed by atoms with Crippen molar-refractivity contribution in [3.8, 4) is 22.9 Å². The van der Waals surface area contributed by atoms with Gasteiger partial charge in [0.25, 0.3) is 5.56 Å². The summed E-state index contributed by atoms with van der Waals surface area (Å²) in [6.07, 6.45) is 0. The van der Waals surface area contributed by atoms with E-state index in [1.165, 1.54) is 0 Å². The largest absolute Gasteiger partial charge is 0.493 e. The molecule has 3 aromatic carbocycles. The first-order chi connectivity index (χ1) is 13.6. The fraction of sp³-hybridized carbons (Fsp3) is 0.0909. The van der Waals surface area contributed by atoms with Gasteiger partial charge in [-0.15, -0.1) is 0 Å². The molecule has 0 radical (unpaired) electrons. The van der Waals surface area contributed by atoms with Gasteiger partial charge in [-0.05, 0) is 48.0 Å². The lowest BCUT2D eigenvalue weighted by Crippen LogP contribution is -2.09. The summed E-state index contributed by atoms with van der Waals surface area (Å²) in [5, 5.41) is 0.562. The third-order valence-electron chi connectivity index (χ3n) is 4.33. The Labute approximate surface area is 170 Å². The van der Waals surface area contributed by atoms with Gasteiger partial charge in [0.1, 0.15) is 12.4 Å². The van der Waals surface area contributed by atoms with Crippen molar-refractivity contribution in [2.24, 2.45) is 0 Å². The van der Waals surface area contributed by atoms with Crippen LogP contribution in [0.1, 0.15) is 5.56 Å². The quantitative estimate of drug-likeness (QED) is 0.481. The number of fused-ring (bicyclic) bond motifs is 1. The van der Waals surface area contributed by atoms with E-state index in [9.17, 15) is 4.79 Å². The minimum atomic E-state index is -0.172. The first-order valence-electron chi connectivity index (χ1n) is 8.69. The standard InChI is InChI=1S/C22H17BrN2O3/c1-27-20-12-15(21-24-18-8-3-2-7-17(18)22(26)25-21)9-10-19(20)28-13-14-5-4-6-16(23)11-14/h2-12H,13H2,1H3,(H,24,25,26). The average Bonchev–Trinajstić information content (AvgIpc) is 2.72. The van der Waals surface area contributed by atoms with E-state index in [1.807, 2.05) is 60.7 Å². The molecule has 0 aliphatic carbocycles. The number of hydrogen-bond acceptors (Lipinski definition) is 4. The summed E-state index contributed by atoms with van der Waals surface area (Å²) in [4.78, 5) is 19.7. The molecule has 0 fully saturated rings. The van der Waals surface area contributed by atoms with E-state index >= 15 is 0 Å². The Hall–Kier alpha value is -3.12. The second-order valence-corrected chi connectivity index (χ2v) is 7.13. The van der Waals surface area contributed by atoms with E-state index < -0.39 is 0 Å². The average molecular weight is 437 g/mol. The molecule has 1 N–H and O–H groups in total. The smallest absolute Gasteiger partial charge is 0.259 e. The van der Waals surface area contributed by atoms with E-state index in [-0.39, 0.29) is 5.56 Å². The van der Waals surface area contributed by atoms with Gasteiger partial charge >= 0.3 is 0 Å². The van der Waals surface area contributed by atoms with Gasteiger partial charge in [-0.2, -0.15) is 0 Å². The van der Waals surface area contributed by atoms with Crippen LogP contribution >= 0.6 is 15.9 Å². The number of para-hydroxylation sites is 1. The molecule has 1 heterocycles. The van der Waals surface area contributed by atoms with Crippen LogP contribution in [-0.2, 0) is 6.61 Å². The van der Waals surface area contributed by atoms with Gasteiger partial charge in [-0.3, -0.25) is 4.79 Å². The Bertz CT molecular complexity index is 1200. The number of halogens is 1. The molecular weight excluding hydrogens is 420 g/mol. The highest BCUT2D eigenvalue weighted by Gasteiger charge is 2.11. The second kappa shape index (κ2) is 7.86. The molecule has 0 aliphatic heterocycles. The molecule has 6 heteroatoms. The van der Waals surface area contributed by atoms with Crippen LogP contribution in [0.5, 0.6) is 11.5 Å². The zero-order valence-corrected chi connectivity index (χ0v) is 16.7. The van der Waals surface area contributed by atoms with Crippen LogP contribution in [0.3, 0.4) is 0 Å². The molecule has 0 unspecified atom stereocenters. The molecule has 0 saturated heterocycles. The summed E-state index contributed by atoms with van der Waals surface area (Å²) in [7, 11) is 1.58. The Morgan fingerprint density at radius 1 is 1.00 bits per heavy atom. The predicted octanol–water partition coefficient (Wildman–Crippen LogP) is 4.94. The van der Waals surface area contributed by atoms with Crippen molar-refractivity contribution >= 4 is 26.8 Å². The molecule has 0 spiro atoms. The highest BCUT2D eigenvalue weighted by Crippen LogP contribution is 2.32. The van der Waals surface area contributed by atoms with Crippen LogP contribution in [0, 0.1) is 0 Å². The molecule has 1 aromatic heterocycles. The van der Waals surface area contributed by atoms with E-state index in [0.29, 0.717) is 34.8 Å². The Kier molecular flexibility index (Phi) is 5.12. The zero-order valence-electron chi connectivity index (χ0n) is 15.1. The molecule has 4 rings (SSSR count). The van der Waals surface area contributed by atoms with E-state index in [2.05, 4.69) is 25.9 Å². The molecular formula is C22H17BrN2O3. The van der Waals surface area contributed by atoms with Crippen molar-refractivity contribution in [1.29, 1.82) is 0 Å². The van der Waals surface area contributed by atoms with Crippen LogP contribution in [0.15, 0.2) is 76.0 Å². The summed E-state index contributed by atoms with van der Waals surface area (Å²) in [5.74, 6) is 1.68. The van der Waals surface area contributed by atoms with Crippen molar-refractivity contribution in [3.63, 3.8) is 0 Å². The highest BCUT2D eigenvalue weighted by atomic mass is 79.9. The SMILES string of the molecule is COc1cc(-c2nc3ccccc3c(=O)[nH]2)ccc1OCc1cccc(Br)c1.